The SMILES string of the molecule is CCNCc1sc2cccc(F)c2c1Cn1cc(Br)cn1. The third-order valence-corrected chi connectivity index (χ3v) is 4.91. The van der Waals surface area contributed by atoms with E-state index in [9.17, 15) is 4.39 Å². The Labute approximate surface area is 134 Å². The van der Waals surface area contributed by atoms with Crippen molar-refractivity contribution < 1.29 is 4.39 Å². The number of hydrogen-bond acceptors (Lipinski definition) is 3. The van der Waals surface area contributed by atoms with Gasteiger partial charge in [0.15, 0.2) is 0 Å². The Morgan fingerprint density at radius 1 is 1.43 bits per heavy atom. The van der Waals surface area contributed by atoms with E-state index < -0.39 is 0 Å². The molecule has 0 bridgehead atoms. The van der Waals surface area contributed by atoms with Gasteiger partial charge in [-0.05, 0) is 40.2 Å². The van der Waals surface area contributed by atoms with Gasteiger partial charge < -0.3 is 5.32 Å². The van der Waals surface area contributed by atoms with Gasteiger partial charge in [0.2, 0.25) is 0 Å². The first-order chi connectivity index (χ1) is 10.2. The average Bonchev–Trinajstić information content (AvgIpc) is 3.02. The minimum atomic E-state index is -0.160. The highest BCUT2D eigenvalue weighted by Gasteiger charge is 2.16. The molecule has 0 spiro atoms. The van der Waals surface area contributed by atoms with E-state index in [0.29, 0.717) is 6.54 Å². The third kappa shape index (κ3) is 3.02. The standard InChI is InChI=1S/C15H15BrFN3S/c1-2-18-7-14-11(9-20-8-10(16)6-19-20)15-12(17)4-3-5-13(15)21-14/h3-6,8,18H,2,7,9H2,1H3. The molecule has 6 heteroatoms. The highest BCUT2D eigenvalue weighted by atomic mass is 79.9. The van der Waals surface area contributed by atoms with Crippen LogP contribution in [0.2, 0.25) is 0 Å². The minimum Gasteiger partial charge on any atom is -0.312 e. The molecule has 0 saturated carbocycles. The summed E-state index contributed by atoms with van der Waals surface area (Å²) in [5, 5.41) is 8.33. The number of benzene rings is 1. The zero-order valence-corrected chi connectivity index (χ0v) is 14.0. The van der Waals surface area contributed by atoms with Gasteiger partial charge in [0.05, 0.1) is 17.2 Å². The van der Waals surface area contributed by atoms with Crippen LogP contribution in [0.4, 0.5) is 4.39 Å². The molecule has 2 aromatic heterocycles. The number of rotatable bonds is 5. The van der Waals surface area contributed by atoms with E-state index in [-0.39, 0.29) is 5.82 Å². The summed E-state index contributed by atoms with van der Waals surface area (Å²) in [6.45, 7) is 4.29. The van der Waals surface area contributed by atoms with Crippen LogP contribution in [-0.2, 0) is 13.1 Å². The van der Waals surface area contributed by atoms with E-state index in [0.717, 1.165) is 33.2 Å². The molecule has 0 aliphatic carbocycles. The van der Waals surface area contributed by atoms with Crippen molar-refractivity contribution in [2.24, 2.45) is 0 Å². The first kappa shape index (κ1) is 14.7. The number of nitrogens with one attached hydrogen (secondary N) is 1. The predicted molar refractivity (Wildman–Crippen MR) is 88.2 cm³/mol. The Bertz CT molecular complexity index is 765. The van der Waals surface area contributed by atoms with Crippen LogP contribution < -0.4 is 5.32 Å². The molecule has 0 fully saturated rings. The first-order valence-corrected chi connectivity index (χ1v) is 8.37. The number of hydrogen-bond donors (Lipinski definition) is 1. The van der Waals surface area contributed by atoms with Crippen molar-refractivity contribution in [3.63, 3.8) is 0 Å². The van der Waals surface area contributed by atoms with Crippen molar-refractivity contribution in [2.45, 2.75) is 20.0 Å². The van der Waals surface area contributed by atoms with E-state index in [2.05, 4.69) is 33.3 Å². The topological polar surface area (TPSA) is 29.9 Å². The summed E-state index contributed by atoms with van der Waals surface area (Å²) in [4.78, 5) is 1.17. The van der Waals surface area contributed by atoms with Crippen molar-refractivity contribution in [3.05, 3.63) is 51.3 Å². The van der Waals surface area contributed by atoms with Crippen LogP contribution in [0.25, 0.3) is 10.1 Å². The Kier molecular flexibility index (Phi) is 4.37. The molecule has 1 aromatic carbocycles. The molecule has 3 rings (SSSR count). The molecule has 0 saturated heterocycles. The van der Waals surface area contributed by atoms with Crippen molar-refractivity contribution in [1.29, 1.82) is 0 Å². The molecule has 0 unspecified atom stereocenters. The fourth-order valence-corrected chi connectivity index (χ4v) is 3.88. The molecule has 1 N–H and O–H groups in total. The van der Waals surface area contributed by atoms with E-state index in [1.807, 2.05) is 16.9 Å². The normalized spacial score (nSPS) is 11.4. The van der Waals surface area contributed by atoms with E-state index in [4.69, 9.17) is 0 Å². The molecule has 21 heavy (non-hydrogen) atoms. The van der Waals surface area contributed by atoms with Crippen molar-refractivity contribution in [3.8, 4) is 0 Å². The minimum absolute atomic E-state index is 0.160. The summed E-state index contributed by atoms with van der Waals surface area (Å²) < 4.78 is 18.0. The summed E-state index contributed by atoms with van der Waals surface area (Å²) in [6, 6.07) is 5.26. The van der Waals surface area contributed by atoms with Gasteiger partial charge in [-0.25, -0.2) is 4.39 Å². The monoisotopic (exact) mass is 367 g/mol. The van der Waals surface area contributed by atoms with Crippen LogP contribution in [0, 0.1) is 5.82 Å². The summed E-state index contributed by atoms with van der Waals surface area (Å²) in [5.74, 6) is -0.160. The fraction of sp³-hybridized carbons (Fsp3) is 0.267. The van der Waals surface area contributed by atoms with Crippen LogP contribution in [0.5, 0.6) is 0 Å². The molecule has 3 nitrogen and oxygen atoms in total. The van der Waals surface area contributed by atoms with Crippen LogP contribution in [-0.4, -0.2) is 16.3 Å². The summed E-state index contributed by atoms with van der Waals surface area (Å²) in [6.07, 6.45) is 3.65. The Morgan fingerprint density at radius 3 is 3.00 bits per heavy atom. The Morgan fingerprint density at radius 2 is 2.29 bits per heavy atom. The van der Waals surface area contributed by atoms with Gasteiger partial charge in [-0.1, -0.05) is 13.0 Å². The van der Waals surface area contributed by atoms with E-state index in [1.54, 1.807) is 23.6 Å². The number of fused-ring (bicyclic) bond motifs is 1. The lowest BCUT2D eigenvalue weighted by Gasteiger charge is -2.06. The van der Waals surface area contributed by atoms with Crippen LogP contribution in [0.1, 0.15) is 17.4 Å². The van der Waals surface area contributed by atoms with Gasteiger partial charge in [-0.2, -0.15) is 5.10 Å². The summed E-state index contributed by atoms with van der Waals surface area (Å²) >= 11 is 5.04. The maximum atomic E-state index is 14.2. The largest absolute Gasteiger partial charge is 0.312 e. The maximum Gasteiger partial charge on any atom is 0.132 e. The van der Waals surface area contributed by atoms with Gasteiger partial charge >= 0.3 is 0 Å². The summed E-state index contributed by atoms with van der Waals surface area (Å²) in [7, 11) is 0. The fourth-order valence-electron chi connectivity index (χ4n) is 2.35. The number of halogens is 2. The molecule has 0 atom stereocenters. The smallest absolute Gasteiger partial charge is 0.132 e. The third-order valence-electron chi connectivity index (χ3n) is 3.30. The second-order valence-corrected chi connectivity index (χ2v) is 6.81. The van der Waals surface area contributed by atoms with Gasteiger partial charge in [0, 0.05) is 27.7 Å². The Hall–Kier alpha value is -1.24. The lowest BCUT2D eigenvalue weighted by Crippen LogP contribution is -2.13. The molecule has 110 valence electrons. The molecule has 0 radical (unpaired) electrons. The average molecular weight is 368 g/mol. The number of thiophene rings is 1. The predicted octanol–water partition coefficient (Wildman–Crippen LogP) is 4.16. The maximum absolute atomic E-state index is 14.2. The zero-order valence-electron chi connectivity index (χ0n) is 11.6. The van der Waals surface area contributed by atoms with Gasteiger partial charge in [-0.15, -0.1) is 11.3 Å². The number of aromatic nitrogens is 2. The number of nitrogens with zero attached hydrogens (tertiary/aromatic N) is 2. The second-order valence-electron chi connectivity index (χ2n) is 4.75. The van der Waals surface area contributed by atoms with Crippen LogP contribution >= 0.6 is 27.3 Å². The highest BCUT2D eigenvalue weighted by molar-refractivity contribution is 9.10. The molecular weight excluding hydrogens is 353 g/mol. The van der Waals surface area contributed by atoms with Gasteiger partial charge in [-0.3, -0.25) is 4.68 Å². The van der Waals surface area contributed by atoms with E-state index >= 15 is 0 Å². The van der Waals surface area contributed by atoms with Crippen molar-refractivity contribution in [1.82, 2.24) is 15.1 Å². The van der Waals surface area contributed by atoms with Crippen LogP contribution in [0.15, 0.2) is 35.1 Å². The molecule has 0 aliphatic rings. The van der Waals surface area contributed by atoms with Crippen molar-refractivity contribution in [2.75, 3.05) is 6.54 Å². The van der Waals surface area contributed by atoms with E-state index in [1.165, 1.54) is 10.9 Å². The molecule has 0 aliphatic heterocycles. The lowest BCUT2D eigenvalue weighted by molar-refractivity contribution is 0.633. The lowest BCUT2D eigenvalue weighted by atomic mass is 10.1. The summed E-state index contributed by atoms with van der Waals surface area (Å²) in [5.41, 5.74) is 1.02. The molecular formula is C15H15BrFN3S. The van der Waals surface area contributed by atoms with Gasteiger partial charge in [0.25, 0.3) is 0 Å². The first-order valence-electron chi connectivity index (χ1n) is 6.76. The second kappa shape index (κ2) is 6.25. The molecule has 2 heterocycles. The molecule has 3 aromatic rings. The zero-order chi connectivity index (χ0) is 14.8. The molecule has 0 amide bonds. The quantitative estimate of drug-likeness (QED) is 0.733. The Balaban J connectivity index is 2.07. The van der Waals surface area contributed by atoms with Crippen molar-refractivity contribution >= 4 is 37.4 Å². The van der Waals surface area contributed by atoms with Crippen LogP contribution in [0.3, 0.4) is 0 Å². The van der Waals surface area contributed by atoms with Gasteiger partial charge in [0.1, 0.15) is 5.82 Å². The highest BCUT2D eigenvalue weighted by Crippen LogP contribution is 2.33.